The Morgan fingerprint density at radius 2 is 2.07 bits per heavy atom. The number of aryl methyl sites for hydroxylation is 1. The van der Waals surface area contributed by atoms with Crippen molar-refractivity contribution < 1.29 is 18.7 Å². The highest BCUT2D eigenvalue weighted by molar-refractivity contribution is 5.68. The smallest absolute Gasteiger partial charge is 0.411 e. The molecule has 29 heavy (non-hydrogen) atoms. The molecule has 5 nitrogen and oxygen atoms in total. The highest BCUT2D eigenvalue weighted by Crippen LogP contribution is 2.35. The van der Waals surface area contributed by atoms with Gasteiger partial charge in [-0.15, -0.1) is 6.42 Å². The molecule has 3 rings (SSSR count). The van der Waals surface area contributed by atoms with E-state index in [1.54, 1.807) is 0 Å². The average molecular weight is 395 g/mol. The number of ether oxygens (including phenoxy) is 2. The number of furan rings is 1. The van der Waals surface area contributed by atoms with Crippen molar-refractivity contribution >= 4 is 6.09 Å². The molecule has 0 saturated carbocycles. The number of benzene rings is 1. The van der Waals surface area contributed by atoms with Crippen LogP contribution in [0.1, 0.15) is 62.4 Å². The molecule has 1 aliphatic rings. The lowest BCUT2D eigenvalue weighted by molar-refractivity contribution is 0.0244. The van der Waals surface area contributed by atoms with E-state index in [4.69, 9.17) is 20.3 Å². The summed E-state index contributed by atoms with van der Waals surface area (Å²) >= 11 is 0. The molecule has 0 saturated heterocycles. The first-order valence-corrected chi connectivity index (χ1v) is 10.0. The number of carbonyl (C=O) groups excluding carboxylic acids is 1. The summed E-state index contributed by atoms with van der Waals surface area (Å²) in [7, 11) is 0. The third-order valence-corrected chi connectivity index (χ3v) is 4.68. The van der Waals surface area contributed by atoms with Crippen LogP contribution in [0.5, 0.6) is 0 Å². The van der Waals surface area contributed by atoms with Crippen molar-refractivity contribution in [1.29, 1.82) is 0 Å². The van der Waals surface area contributed by atoms with Crippen molar-refractivity contribution in [2.75, 3.05) is 6.54 Å². The number of hydrogen-bond acceptors (Lipinski definition) is 4. The molecule has 5 heteroatoms. The molecule has 1 amide bonds. The summed E-state index contributed by atoms with van der Waals surface area (Å²) in [5, 5.41) is 0. The predicted molar refractivity (Wildman–Crippen MR) is 111 cm³/mol. The summed E-state index contributed by atoms with van der Waals surface area (Å²) in [6.45, 7) is 6.50. The van der Waals surface area contributed by atoms with Gasteiger partial charge in [0.2, 0.25) is 0 Å². The van der Waals surface area contributed by atoms with Crippen LogP contribution in [-0.2, 0) is 29.0 Å². The molecule has 1 heterocycles. The van der Waals surface area contributed by atoms with Gasteiger partial charge in [0, 0.05) is 12.0 Å². The van der Waals surface area contributed by atoms with Gasteiger partial charge in [0.15, 0.2) is 0 Å². The van der Waals surface area contributed by atoms with Crippen molar-refractivity contribution in [3.05, 3.63) is 59.0 Å². The second-order valence-electron chi connectivity index (χ2n) is 8.31. The van der Waals surface area contributed by atoms with Crippen LogP contribution >= 0.6 is 0 Å². The highest BCUT2D eigenvalue weighted by Gasteiger charge is 2.27. The van der Waals surface area contributed by atoms with Crippen molar-refractivity contribution in [3.63, 3.8) is 0 Å². The van der Waals surface area contributed by atoms with Crippen molar-refractivity contribution in [3.8, 4) is 12.3 Å². The van der Waals surface area contributed by atoms with Gasteiger partial charge in [-0.25, -0.2) is 4.79 Å². The summed E-state index contributed by atoms with van der Waals surface area (Å²) in [6.07, 6.45) is 7.85. The van der Waals surface area contributed by atoms with Crippen molar-refractivity contribution in [2.45, 2.75) is 64.9 Å². The minimum Gasteiger partial charge on any atom is -0.464 e. The largest absolute Gasteiger partial charge is 0.464 e. The maximum Gasteiger partial charge on any atom is 0.411 e. The molecule has 0 aliphatic heterocycles. The zero-order chi connectivity index (χ0) is 20.9. The Kier molecular flexibility index (Phi) is 6.66. The van der Waals surface area contributed by atoms with Gasteiger partial charge in [-0.05, 0) is 45.2 Å². The van der Waals surface area contributed by atoms with Gasteiger partial charge in [0.05, 0.1) is 25.8 Å². The zero-order valence-corrected chi connectivity index (χ0v) is 17.4. The van der Waals surface area contributed by atoms with E-state index in [0.717, 1.165) is 36.1 Å². The number of fused-ring (bicyclic) bond motifs is 1. The van der Waals surface area contributed by atoms with E-state index in [1.807, 2.05) is 45.0 Å². The molecule has 0 fully saturated rings. The Morgan fingerprint density at radius 3 is 2.76 bits per heavy atom. The normalized spacial score (nSPS) is 16.0. The fourth-order valence-corrected chi connectivity index (χ4v) is 3.40. The molecule has 1 aromatic carbocycles. The van der Waals surface area contributed by atoms with Crippen LogP contribution in [0.15, 0.2) is 40.8 Å². The number of amides is 1. The van der Waals surface area contributed by atoms with E-state index >= 15 is 0 Å². The Morgan fingerprint density at radius 1 is 1.31 bits per heavy atom. The van der Waals surface area contributed by atoms with Gasteiger partial charge in [-0.3, -0.25) is 4.90 Å². The Bertz CT molecular complexity index is 857. The van der Waals surface area contributed by atoms with Crippen molar-refractivity contribution in [1.82, 2.24) is 4.90 Å². The van der Waals surface area contributed by atoms with Crippen LogP contribution in [0.25, 0.3) is 0 Å². The quantitative estimate of drug-likeness (QED) is 0.627. The van der Waals surface area contributed by atoms with E-state index in [2.05, 4.69) is 18.1 Å². The monoisotopic (exact) mass is 395 g/mol. The molecule has 1 atom stereocenters. The van der Waals surface area contributed by atoms with Crippen LogP contribution in [0, 0.1) is 12.3 Å². The van der Waals surface area contributed by atoms with Gasteiger partial charge in [-0.2, -0.15) is 0 Å². The van der Waals surface area contributed by atoms with Crippen LogP contribution in [0.4, 0.5) is 4.79 Å². The number of nitrogens with zero attached hydrogens (tertiary/aromatic N) is 1. The lowest BCUT2D eigenvalue weighted by atomic mass is 9.95. The molecule has 0 spiro atoms. The van der Waals surface area contributed by atoms with E-state index < -0.39 is 11.7 Å². The third kappa shape index (κ3) is 5.88. The Hall–Kier alpha value is -2.71. The molecule has 1 unspecified atom stereocenters. The Labute approximate surface area is 173 Å². The maximum absolute atomic E-state index is 12.5. The molecular formula is C24H29NO4. The standard InChI is InChI=1S/C24H29NO4/c1-5-14-25(23(26)29-24(2,3)4)16-19-15-20-21(12-9-13-22(20)28-19)27-17-18-10-7-6-8-11-18/h1,6-8,10-11,15,21H,9,12-14,16-17H2,2-4H3. The number of terminal acetylenes is 1. The fourth-order valence-electron chi connectivity index (χ4n) is 3.40. The Balaban J connectivity index is 1.69. The molecule has 154 valence electrons. The van der Waals surface area contributed by atoms with Crippen molar-refractivity contribution in [2.24, 2.45) is 0 Å². The third-order valence-electron chi connectivity index (χ3n) is 4.68. The first kappa shape index (κ1) is 21.0. The first-order valence-electron chi connectivity index (χ1n) is 10.0. The van der Waals surface area contributed by atoms with E-state index in [-0.39, 0.29) is 19.2 Å². The molecule has 0 radical (unpaired) electrons. The zero-order valence-electron chi connectivity index (χ0n) is 17.4. The highest BCUT2D eigenvalue weighted by atomic mass is 16.6. The average Bonchev–Trinajstić information content (AvgIpc) is 3.08. The fraction of sp³-hybridized carbons (Fsp3) is 0.458. The summed E-state index contributed by atoms with van der Waals surface area (Å²) in [6, 6.07) is 12.1. The SMILES string of the molecule is C#CCN(Cc1cc2c(o1)CCCC2OCc1ccccc1)C(=O)OC(C)(C)C. The topological polar surface area (TPSA) is 51.9 Å². The molecule has 0 bridgehead atoms. The van der Waals surface area contributed by atoms with E-state index in [0.29, 0.717) is 12.4 Å². The molecule has 2 aromatic rings. The number of rotatable bonds is 6. The van der Waals surface area contributed by atoms with Crippen LogP contribution in [0.2, 0.25) is 0 Å². The first-order chi connectivity index (χ1) is 13.9. The van der Waals surface area contributed by atoms with E-state index in [9.17, 15) is 4.79 Å². The molecule has 1 aliphatic carbocycles. The van der Waals surface area contributed by atoms with Gasteiger partial charge in [-0.1, -0.05) is 36.3 Å². The second-order valence-corrected chi connectivity index (χ2v) is 8.31. The lowest BCUT2D eigenvalue weighted by Gasteiger charge is -2.25. The van der Waals surface area contributed by atoms with Gasteiger partial charge in [0.1, 0.15) is 17.1 Å². The minimum absolute atomic E-state index is 0.000865. The number of carbonyl (C=O) groups is 1. The van der Waals surface area contributed by atoms with Gasteiger partial charge < -0.3 is 13.9 Å². The maximum atomic E-state index is 12.5. The predicted octanol–water partition coefficient (Wildman–Crippen LogP) is 5.24. The summed E-state index contributed by atoms with van der Waals surface area (Å²) in [5.74, 6) is 4.16. The summed E-state index contributed by atoms with van der Waals surface area (Å²) in [5.41, 5.74) is 1.64. The lowest BCUT2D eigenvalue weighted by Crippen LogP contribution is -2.36. The van der Waals surface area contributed by atoms with E-state index in [1.165, 1.54) is 4.90 Å². The number of hydrogen-bond donors (Lipinski definition) is 0. The van der Waals surface area contributed by atoms with Gasteiger partial charge >= 0.3 is 6.09 Å². The van der Waals surface area contributed by atoms with Crippen LogP contribution < -0.4 is 0 Å². The van der Waals surface area contributed by atoms with Crippen LogP contribution in [-0.4, -0.2) is 23.1 Å². The molecule has 1 aromatic heterocycles. The second kappa shape index (κ2) is 9.19. The minimum atomic E-state index is -0.581. The summed E-state index contributed by atoms with van der Waals surface area (Å²) < 4.78 is 17.7. The molecule has 0 N–H and O–H groups in total. The summed E-state index contributed by atoms with van der Waals surface area (Å²) in [4.78, 5) is 13.9. The molecular weight excluding hydrogens is 366 g/mol. The van der Waals surface area contributed by atoms with Gasteiger partial charge in [0.25, 0.3) is 0 Å². The van der Waals surface area contributed by atoms with Crippen LogP contribution in [0.3, 0.4) is 0 Å².